The predicted octanol–water partition coefficient (Wildman–Crippen LogP) is 3.75. The lowest BCUT2D eigenvalue weighted by Crippen LogP contribution is -2.07. The Morgan fingerprint density at radius 3 is 2.50 bits per heavy atom. The molecule has 2 aromatic rings. The van der Waals surface area contributed by atoms with Gasteiger partial charge in [-0.25, -0.2) is 13.2 Å². The summed E-state index contributed by atoms with van der Waals surface area (Å²) in [5, 5.41) is 0.881. The molecule has 2 aromatic carbocycles. The summed E-state index contributed by atoms with van der Waals surface area (Å²) in [5.41, 5.74) is 0.770. The quantitative estimate of drug-likeness (QED) is 0.780. The van der Waals surface area contributed by atoms with Gasteiger partial charge in [-0.05, 0) is 30.3 Å². The zero-order valence-electron chi connectivity index (χ0n) is 11.5. The minimum atomic E-state index is -3.38. The second kappa shape index (κ2) is 6.69. The lowest BCUT2D eigenvalue weighted by molar-refractivity contribution is 0.0472. The third kappa shape index (κ3) is 4.22. The van der Waals surface area contributed by atoms with Gasteiger partial charge in [-0.2, -0.15) is 0 Å². The Kier molecular flexibility index (Phi) is 5.11. The molecule has 0 aromatic heterocycles. The van der Waals surface area contributed by atoms with Crippen molar-refractivity contribution < 1.29 is 17.9 Å². The molecule has 7 heteroatoms. The standard InChI is InChI=1S/C15H12Cl2O4S/c1-22(19,20)13-4-2-3-10(7-13)15(18)21-9-11-5-6-12(16)8-14(11)17/h2-8H,9H2,1H3. The molecule has 0 saturated heterocycles. The highest BCUT2D eigenvalue weighted by Crippen LogP contribution is 2.22. The average molecular weight is 359 g/mol. The van der Waals surface area contributed by atoms with Gasteiger partial charge in [-0.1, -0.05) is 35.3 Å². The van der Waals surface area contributed by atoms with E-state index in [1.165, 1.54) is 24.3 Å². The van der Waals surface area contributed by atoms with Crippen LogP contribution < -0.4 is 0 Å². The fourth-order valence-electron chi connectivity index (χ4n) is 1.72. The molecule has 0 saturated carbocycles. The third-order valence-corrected chi connectivity index (χ3v) is 4.57. The van der Waals surface area contributed by atoms with Crippen LogP contribution in [0.5, 0.6) is 0 Å². The smallest absolute Gasteiger partial charge is 0.338 e. The van der Waals surface area contributed by atoms with Crippen LogP contribution in [0.3, 0.4) is 0 Å². The molecule has 0 aliphatic rings. The zero-order chi connectivity index (χ0) is 16.3. The van der Waals surface area contributed by atoms with Crippen LogP contribution in [0.25, 0.3) is 0 Å². The Morgan fingerprint density at radius 1 is 1.14 bits per heavy atom. The number of hydrogen-bond acceptors (Lipinski definition) is 4. The Morgan fingerprint density at radius 2 is 1.86 bits per heavy atom. The van der Waals surface area contributed by atoms with Crippen molar-refractivity contribution in [1.82, 2.24) is 0 Å². The van der Waals surface area contributed by atoms with Crippen LogP contribution in [0.2, 0.25) is 10.0 Å². The van der Waals surface area contributed by atoms with Gasteiger partial charge in [0.1, 0.15) is 6.61 Å². The number of hydrogen-bond donors (Lipinski definition) is 0. The fraction of sp³-hybridized carbons (Fsp3) is 0.133. The first-order chi connectivity index (χ1) is 10.3. The molecule has 0 spiro atoms. The topological polar surface area (TPSA) is 60.4 Å². The van der Waals surface area contributed by atoms with Gasteiger partial charge >= 0.3 is 5.97 Å². The van der Waals surface area contributed by atoms with E-state index in [1.807, 2.05) is 0 Å². The van der Waals surface area contributed by atoms with Crippen LogP contribution in [0.4, 0.5) is 0 Å². The molecule has 0 heterocycles. The van der Waals surface area contributed by atoms with Gasteiger partial charge in [-0.3, -0.25) is 0 Å². The Bertz CT molecular complexity index is 816. The number of sulfone groups is 1. The molecule has 0 aliphatic heterocycles. The highest BCUT2D eigenvalue weighted by Gasteiger charge is 2.13. The van der Waals surface area contributed by atoms with E-state index in [4.69, 9.17) is 27.9 Å². The summed E-state index contributed by atoms with van der Waals surface area (Å²) in [5.74, 6) is -0.628. The zero-order valence-corrected chi connectivity index (χ0v) is 13.9. The van der Waals surface area contributed by atoms with E-state index in [0.29, 0.717) is 15.6 Å². The third-order valence-electron chi connectivity index (χ3n) is 2.87. The lowest BCUT2D eigenvalue weighted by atomic mass is 10.2. The Labute approximate surface area is 138 Å². The molecular formula is C15H12Cl2O4S. The molecule has 0 atom stereocenters. The van der Waals surface area contributed by atoms with Crippen LogP contribution in [-0.2, 0) is 21.2 Å². The van der Waals surface area contributed by atoms with Crippen molar-refractivity contribution in [2.45, 2.75) is 11.5 Å². The van der Waals surface area contributed by atoms with Crippen LogP contribution >= 0.6 is 23.2 Å². The molecule has 0 amide bonds. The van der Waals surface area contributed by atoms with Crippen molar-refractivity contribution in [3.63, 3.8) is 0 Å². The number of carbonyl (C=O) groups is 1. The normalized spacial score (nSPS) is 11.2. The number of ether oxygens (including phenoxy) is 1. The number of benzene rings is 2. The van der Waals surface area contributed by atoms with Gasteiger partial charge in [0.2, 0.25) is 0 Å². The maximum atomic E-state index is 12.0. The van der Waals surface area contributed by atoms with E-state index in [9.17, 15) is 13.2 Å². The molecule has 116 valence electrons. The number of halogens is 2. The molecule has 0 N–H and O–H groups in total. The SMILES string of the molecule is CS(=O)(=O)c1cccc(C(=O)OCc2ccc(Cl)cc2Cl)c1. The predicted molar refractivity (Wildman–Crippen MR) is 85.1 cm³/mol. The summed E-state index contributed by atoms with van der Waals surface area (Å²) in [6, 6.07) is 10.5. The van der Waals surface area contributed by atoms with E-state index in [1.54, 1.807) is 18.2 Å². The molecule has 0 radical (unpaired) electrons. The van der Waals surface area contributed by atoms with E-state index < -0.39 is 15.8 Å². The lowest BCUT2D eigenvalue weighted by Gasteiger charge is -2.08. The second-order valence-corrected chi connectivity index (χ2v) is 7.47. The van der Waals surface area contributed by atoms with Crippen molar-refractivity contribution >= 4 is 39.0 Å². The first kappa shape index (κ1) is 16.8. The second-order valence-electron chi connectivity index (χ2n) is 4.61. The average Bonchev–Trinajstić information content (AvgIpc) is 2.45. The maximum absolute atomic E-state index is 12.0. The van der Waals surface area contributed by atoms with E-state index in [0.717, 1.165) is 6.26 Å². The Balaban J connectivity index is 2.13. The fourth-order valence-corrected chi connectivity index (χ4v) is 2.85. The summed E-state index contributed by atoms with van der Waals surface area (Å²) < 4.78 is 28.1. The summed E-state index contributed by atoms with van der Waals surface area (Å²) >= 11 is 11.8. The van der Waals surface area contributed by atoms with Gasteiger partial charge in [0.25, 0.3) is 0 Å². The molecule has 0 unspecified atom stereocenters. The monoisotopic (exact) mass is 358 g/mol. The summed E-state index contributed by atoms with van der Waals surface area (Å²) in [7, 11) is -3.38. The van der Waals surface area contributed by atoms with Crippen molar-refractivity contribution in [2.24, 2.45) is 0 Å². The van der Waals surface area contributed by atoms with Gasteiger partial charge < -0.3 is 4.74 Å². The highest BCUT2D eigenvalue weighted by molar-refractivity contribution is 7.90. The van der Waals surface area contributed by atoms with E-state index in [2.05, 4.69) is 0 Å². The largest absolute Gasteiger partial charge is 0.457 e. The van der Waals surface area contributed by atoms with Gasteiger partial charge in [0, 0.05) is 21.9 Å². The maximum Gasteiger partial charge on any atom is 0.338 e. The molecule has 0 bridgehead atoms. The highest BCUT2D eigenvalue weighted by atomic mass is 35.5. The first-order valence-electron chi connectivity index (χ1n) is 6.18. The number of esters is 1. The summed E-state index contributed by atoms with van der Waals surface area (Å²) in [4.78, 5) is 12.1. The van der Waals surface area contributed by atoms with E-state index in [-0.39, 0.29) is 17.1 Å². The number of rotatable bonds is 4. The van der Waals surface area contributed by atoms with Crippen LogP contribution in [0.15, 0.2) is 47.4 Å². The van der Waals surface area contributed by atoms with Gasteiger partial charge in [0.15, 0.2) is 9.84 Å². The molecule has 4 nitrogen and oxygen atoms in total. The first-order valence-corrected chi connectivity index (χ1v) is 8.83. The molecule has 2 rings (SSSR count). The van der Waals surface area contributed by atoms with Crippen molar-refractivity contribution in [3.8, 4) is 0 Å². The minimum Gasteiger partial charge on any atom is -0.457 e. The van der Waals surface area contributed by atoms with Crippen LogP contribution in [-0.4, -0.2) is 20.6 Å². The minimum absolute atomic E-state index is 0.0298. The van der Waals surface area contributed by atoms with E-state index >= 15 is 0 Å². The summed E-state index contributed by atoms with van der Waals surface area (Å²) in [6.07, 6.45) is 1.07. The molecule has 22 heavy (non-hydrogen) atoms. The Hall–Kier alpha value is -1.56. The van der Waals surface area contributed by atoms with Gasteiger partial charge in [0.05, 0.1) is 10.5 Å². The summed E-state index contributed by atoms with van der Waals surface area (Å²) in [6.45, 7) is -0.0298. The van der Waals surface area contributed by atoms with Crippen molar-refractivity contribution in [1.29, 1.82) is 0 Å². The molecular weight excluding hydrogens is 347 g/mol. The van der Waals surface area contributed by atoms with Gasteiger partial charge in [-0.15, -0.1) is 0 Å². The number of carbonyl (C=O) groups excluding carboxylic acids is 1. The van der Waals surface area contributed by atoms with Crippen molar-refractivity contribution in [2.75, 3.05) is 6.26 Å². The molecule has 0 aliphatic carbocycles. The molecule has 0 fully saturated rings. The van der Waals surface area contributed by atoms with Crippen LogP contribution in [0.1, 0.15) is 15.9 Å². The van der Waals surface area contributed by atoms with Crippen molar-refractivity contribution in [3.05, 3.63) is 63.6 Å². The van der Waals surface area contributed by atoms with Crippen LogP contribution in [0, 0.1) is 0 Å².